The van der Waals surface area contributed by atoms with E-state index in [9.17, 15) is 5.11 Å². The summed E-state index contributed by atoms with van der Waals surface area (Å²) in [5, 5.41) is 10.0. The van der Waals surface area contributed by atoms with Crippen LogP contribution < -0.4 is 4.74 Å². The van der Waals surface area contributed by atoms with E-state index in [1.54, 1.807) is 0 Å². The third kappa shape index (κ3) is 3.74. The van der Waals surface area contributed by atoms with Crippen LogP contribution in [0.15, 0.2) is 24.3 Å². The minimum absolute atomic E-state index is 0.178. The fourth-order valence-electron chi connectivity index (χ4n) is 2.58. The molecule has 1 saturated carbocycles. The van der Waals surface area contributed by atoms with Gasteiger partial charge in [-0.3, -0.25) is 0 Å². The molecule has 0 radical (unpaired) electrons. The Labute approximate surface area is 104 Å². The van der Waals surface area contributed by atoms with E-state index in [2.05, 4.69) is 13.0 Å². The number of hydrogen-bond acceptors (Lipinski definition) is 2. The van der Waals surface area contributed by atoms with Gasteiger partial charge in [0.2, 0.25) is 0 Å². The van der Waals surface area contributed by atoms with E-state index in [1.165, 1.54) is 31.2 Å². The van der Waals surface area contributed by atoms with Crippen LogP contribution in [0.4, 0.5) is 0 Å². The summed E-state index contributed by atoms with van der Waals surface area (Å²) in [6.45, 7) is 2.67. The number of hydrogen-bond donors (Lipinski definition) is 1. The van der Waals surface area contributed by atoms with Crippen molar-refractivity contribution in [3.05, 3.63) is 29.8 Å². The molecule has 1 aliphatic rings. The van der Waals surface area contributed by atoms with Crippen molar-refractivity contribution >= 4 is 0 Å². The first kappa shape index (κ1) is 12.4. The lowest BCUT2D eigenvalue weighted by Gasteiger charge is -2.17. The smallest absolute Gasteiger partial charge is 0.119 e. The van der Waals surface area contributed by atoms with Gasteiger partial charge in [-0.15, -0.1) is 0 Å². The van der Waals surface area contributed by atoms with Crippen LogP contribution in [0.3, 0.4) is 0 Å². The first-order valence-corrected chi connectivity index (χ1v) is 6.63. The van der Waals surface area contributed by atoms with Gasteiger partial charge >= 0.3 is 0 Å². The Morgan fingerprint density at radius 3 is 2.82 bits per heavy atom. The average Bonchev–Trinajstić information content (AvgIpc) is 2.82. The topological polar surface area (TPSA) is 29.5 Å². The standard InChI is InChI=1S/C15H22O2/c1-12-5-4-8-14(11-12)17-10-9-15(16)13-6-2-3-7-13/h4-5,8,11,13,15-16H,2-3,6-7,9-10H2,1H3. The molecule has 0 heterocycles. The Balaban J connectivity index is 1.71. The molecule has 1 aliphatic carbocycles. The van der Waals surface area contributed by atoms with E-state index in [4.69, 9.17) is 4.74 Å². The molecule has 1 aromatic carbocycles. The monoisotopic (exact) mass is 234 g/mol. The largest absolute Gasteiger partial charge is 0.493 e. The van der Waals surface area contributed by atoms with Gasteiger partial charge in [0.15, 0.2) is 0 Å². The second-order valence-corrected chi connectivity index (χ2v) is 5.07. The molecule has 1 unspecified atom stereocenters. The van der Waals surface area contributed by atoms with Gasteiger partial charge in [0.05, 0.1) is 12.7 Å². The molecule has 2 rings (SSSR count). The first-order chi connectivity index (χ1) is 8.25. The average molecular weight is 234 g/mol. The molecule has 17 heavy (non-hydrogen) atoms. The second kappa shape index (κ2) is 6.06. The van der Waals surface area contributed by atoms with Crippen LogP contribution in [0, 0.1) is 12.8 Å². The van der Waals surface area contributed by atoms with Crippen molar-refractivity contribution in [2.45, 2.75) is 45.1 Å². The van der Waals surface area contributed by atoms with Crippen molar-refractivity contribution in [3.8, 4) is 5.75 Å². The summed E-state index contributed by atoms with van der Waals surface area (Å²) >= 11 is 0. The quantitative estimate of drug-likeness (QED) is 0.847. The van der Waals surface area contributed by atoms with Crippen LogP contribution in [-0.4, -0.2) is 17.8 Å². The number of rotatable bonds is 5. The van der Waals surface area contributed by atoms with Gasteiger partial charge < -0.3 is 9.84 Å². The molecule has 1 N–H and O–H groups in total. The number of benzene rings is 1. The molecule has 94 valence electrons. The third-order valence-electron chi connectivity index (χ3n) is 3.62. The number of aliphatic hydroxyl groups is 1. The van der Waals surface area contributed by atoms with Gasteiger partial charge in [-0.25, -0.2) is 0 Å². The molecule has 1 fully saturated rings. The second-order valence-electron chi connectivity index (χ2n) is 5.07. The van der Waals surface area contributed by atoms with Crippen molar-refractivity contribution in [2.24, 2.45) is 5.92 Å². The Morgan fingerprint density at radius 2 is 2.12 bits per heavy atom. The molecule has 0 aromatic heterocycles. The zero-order chi connectivity index (χ0) is 12.1. The minimum atomic E-state index is -0.178. The molecule has 0 spiro atoms. The van der Waals surface area contributed by atoms with Crippen LogP contribution in [0.5, 0.6) is 5.75 Å². The van der Waals surface area contributed by atoms with E-state index in [0.29, 0.717) is 12.5 Å². The highest BCUT2D eigenvalue weighted by atomic mass is 16.5. The summed E-state index contributed by atoms with van der Waals surface area (Å²) in [5.74, 6) is 1.42. The van der Waals surface area contributed by atoms with E-state index in [0.717, 1.165) is 12.2 Å². The van der Waals surface area contributed by atoms with E-state index in [1.807, 2.05) is 18.2 Å². The lowest BCUT2D eigenvalue weighted by molar-refractivity contribution is 0.0853. The van der Waals surface area contributed by atoms with Crippen molar-refractivity contribution in [2.75, 3.05) is 6.61 Å². The maximum absolute atomic E-state index is 10.0. The molecule has 0 saturated heterocycles. The summed E-state index contributed by atoms with van der Waals surface area (Å²) in [5.41, 5.74) is 1.21. The molecular formula is C15H22O2. The Kier molecular flexibility index (Phi) is 4.43. The molecule has 2 nitrogen and oxygen atoms in total. The van der Waals surface area contributed by atoms with Gasteiger partial charge in [0.25, 0.3) is 0 Å². The summed E-state index contributed by atoms with van der Waals surface area (Å²) < 4.78 is 5.66. The van der Waals surface area contributed by atoms with Gasteiger partial charge in [-0.2, -0.15) is 0 Å². The van der Waals surface area contributed by atoms with Crippen LogP contribution in [0.25, 0.3) is 0 Å². The maximum Gasteiger partial charge on any atom is 0.119 e. The van der Waals surface area contributed by atoms with Crippen molar-refractivity contribution in [1.29, 1.82) is 0 Å². The van der Waals surface area contributed by atoms with Crippen LogP contribution in [0.1, 0.15) is 37.7 Å². The molecule has 0 bridgehead atoms. The van der Waals surface area contributed by atoms with Crippen molar-refractivity contribution < 1.29 is 9.84 Å². The third-order valence-corrected chi connectivity index (χ3v) is 3.62. The summed E-state index contributed by atoms with van der Waals surface area (Å²) in [6, 6.07) is 8.05. The summed E-state index contributed by atoms with van der Waals surface area (Å²) in [6.07, 6.45) is 5.50. The molecular weight excluding hydrogens is 212 g/mol. The molecule has 0 amide bonds. The maximum atomic E-state index is 10.0. The first-order valence-electron chi connectivity index (χ1n) is 6.63. The summed E-state index contributed by atoms with van der Waals surface area (Å²) in [4.78, 5) is 0. The molecule has 0 aliphatic heterocycles. The molecule has 1 atom stereocenters. The van der Waals surface area contributed by atoms with E-state index in [-0.39, 0.29) is 6.10 Å². The Hall–Kier alpha value is -1.02. The lowest BCUT2D eigenvalue weighted by Crippen LogP contribution is -2.20. The number of ether oxygens (including phenoxy) is 1. The lowest BCUT2D eigenvalue weighted by atomic mass is 9.99. The highest BCUT2D eigenvalue weighted by molar-refractivity contribution is 5.27. The fraction of sp³-hybridized carbons (Fsp3) is 0.600. The van der Waals surface area contributed by atoms with Crippen LogP contribution in [0.2, 0.25) is 0 Å². The zero-order valence-electron chi connectivity index (χ0n) is 10.6. The van der Waals surface area contributed by atoms with E-state index >= 15 is 0 Å². The predicted octanol–water partition coefficient (Wildman–Crippen LogP) is 3.32. The number of aryl methyl sites for hydroxylation is 1. The van der Waals surface area contributed by atoms with Gasteiger partial charge in [-0.05, 0) is 43.4 Å². The Bertz CT molecular complexity index is 343. The fourth-order valence-corrected chi connectivity index (χ4v) is 2.58. The predicted molar refractivity (Wildman–Crippen MR) is 69.3 cm³/mol. The van der Waals surface area contributed by atoms with Gasteiger partial charge in [-0.1, -0.05) is 25.0 Å². The highest BCUT2D eigenvalue weighted by Gasteiger charge is 2.22. The van der Waals surface area contributed by atoms with Gasteiger partial charge in [0, 0.05) is 6.42 Å². The van der Waals surface area contributed by atoms with Crippen LogP contribution in [-0.2, 0) is 0 Å². The highest BCUT2D eigenvalue weighted by Crippen LogP contribution is 2.29. The molecule has 1 aromatic rings. The number of aliphatic hydroxyl groups excluding tert-OH is 1. The van der Waals surface area contributed by atoms with Crippen molar-refractivity contribution in [3.63, 3.8) is 0 Å². The summed E-state index contributed by atoms with van der Waals surface area (Å²) in [7, 11) is 0. The SMILES string of the molecule is Cc1cccc(OCCC(O)C2CCCC2)c1. The molecule has 2 heteroatoms. The normalized spacial score (nSPS) is 18.2. The van der Waals surface area contributed by atoms with Gasteiger partial charge in [0.1, 0.15) is 5.75 Å². The Morgan fingerprint density at radius 1 is 1.35 bits per heavy atom. The zero-order valence-corrected chi connectivity index (χ0v) is 10.6. The minimum Gasteiger partial charge on any atom is -0.493 e. The van der Waals surface area contributed by atoms with E-state index < -0.39 is 0 Å². The van der Waals surface area contributed by atoms with Crippen LogP contribution >= 0.6 is 0 Å². The van der Waals surface area contributed by atoms with Crippen molar-refractivity contribution in [1.82, 2.24) is 0 Å².